The maximum atomic E-state index is 14.3. The molecule has 1 heterocycles. The molecular weight excluding hydrogens is 363 g/mol. The molecule has 148 valence electrons. The van der Waals surface area contributed by atoms with Crippen molar-refractivity contribution in [2.75, 3.05) is 0 Å². The van der Waals surface area contributed by atoms with Gasteiger partial charge in [-0.1, -0.05) is 25.0 Å². The van der Waals surface area contributed by atoms with Crippen LogP contribution in [0.2, 0.25) is 0 Å². The topological polar surface area (TPSA) is 79.0 Å². The normalized spacial score (nSPS) is 26.1. The van der Waals surface area contributed by atoms with Crippen molar-refractivity contribution in [2.24, 2.45) is 4.76 Å². The van der Waals surface area contributed by atoms with E-state index in [4.69, 9.17) is 0 Å². The van der Waals surface area contributed by atoms with E-state index in [1.54, 1.807) is 18.2 Å². The summed E-state index contributed by atoms with van der Waals surface area (Å²) >= 11 is 0. The van der Waals surface area contributed by atoms with Crippen LogP contribution in [-0.2, 0) is 4.57 Å². The Kier molecular flexibility index (Phi) is 5.84. The molecule has 1 aromatic rings. The lowest BCUT2D eigenvalue weighted by Crippen LogP contribution is -2.43. The van der Waals surface area contributed by atoms with Gasteiger partial charge in [-0.2, -0.15) is 0 Å². The Hall–Kier alpha value is -1.56. The third-order valence-corrected chi connectivity index (χ3v) is 8.65. The minimum absolute atomic E-state index is 0.0170. The number of nitro groups is 1. The van der Waals surface area contributed by atoms with Crippen molar-refractivity contribution in [3.05, 3.63) is 39.9 Å². The van der Waals surface area contributed by atoms with Gasteiger partial charge in [0, 0.05) is 36.4 Å². The van der Waals surface area contributed by atoms with Gasteiger partial charge in [-0.3, -0.25) is 14.7 Å². The van der Waals surface area contributed by atoms with E-state index in [2.05, 4.69) is 41.8 Å². The molecule has 0 spiro atoms. The minimum atomic E-state index is -3.21. The second kappa shape index (κ2) is 7.82. The van der Waals surface area contributed by atoms with Crippen LogP contribution in [0.1, 0.15) is 58.9 Å². The average molecular weight is 392 g/mol. The van der Waals surface area contributed by atoms with Crippen LogP contribution in [0.15, 0.2) is 29.0 Å². The summed E-state index contributed by atoms with van der Waals surface area (Å²) in [7, 11) is -3.21. The fourth-order valence-electron chi connectivity index (χ4n) is 4.60. The van der Waals surface area contributed by atoms with Gasteiger partial charge in [0.05, 0.1) is 10.5 Å². The smallest absolute Gasteiger partial charge is 0.262 e. The first kappa shape index (κ1) is 20.2. The molecule has 8 heteroatoms. The third-order valence-electron chi connectivity index (χ3n) is 5.51. The zero-order valence-electron chi connectivity index (χ0n) is 16.5. The lowest BCUT2D eigenvalue weighted by atomic mass is 9.89. The lowest BCUT2D eigenvalue weighted by molar-refractivity contribution is -0.385. The predicted molar refractivity (Wildman–Crippen MR) is 108 cm³/mol. The first-order valence-corrected chi connectivity index (χ1v) is 11.3. The quantitative estimate of drug-likeness (QED) is 0.309. The zero-order valence-corrected chi connectivity index (χ0v) is 17.4. The average Bonchev–Trinajstić information content (AvgIpc) is 2.88. The molecule has 1 aliphatic heterocycles. The summed E-state index contributed by atoms with van der Waals surface area (Å²) in [5, 5.41) is 11.3. The fraction of sp³-hybridized carbons (Fsp3) is 0.632. The van der Waals surface area contributed by atoms with E-state index in [1.807, 2.05) is 0 Å². The number of nitrogens with zero attached hydrogens (tertiary/aromatic N) is 4. The monoisotopic (exact) mass is 392 g/mol. The number of fused-ring (bicyclic) bond motifs is 1. The molecule has 0 amide bonds. The second-order valence-electron chi connectivity index (χ2n) is 7.94. The summed E-state index contributed by atoms with van der Waals surface area (Å²) < 4.78 is 23.0. The van der Waals surface area contributed by atoms with E-state index >= 15 is 0 Å². The number of hydrogen-bond acceptors (Lipinski definition) is 3. The molecule has 0 unspecified atom stereocenters. The Morgan fingerprint density at radius 1 is 1.11 bits per heavy atom. The molecule has 1 saturated carbocycles. The third kappa shape index (κ3) is 3.60. The SMILES string of the molecule is CC(C)N1[C@H]2CCCC[C@@H]2N(C(C)C)P1(=O)/N=C\c1ccccc1[N+](=O)[O-]. The molecule has 0 radical (unpaired) electrons. The Morgan fingerprint density at radius 3 is 2.11 bits per heavy atom. The van der Waals surface area contributed by atoms with E-state index in [9.17, 15) is 14.7 Å². The van der Waals surface area contributed by atoms with E-state index in [0.717, 1.165) is 25.7 Å². The molecule has 7 nitrogen and oxygen atoms in total. The summed E-state index contributed by atoms with van der Waals surface area (Å²) in [5.41, 5.74) is 0.372. The van der Waals surface area contributed by atoms with E-state index in [-0.39, 0.29) is 29.9 Å². The van der Waals surface area contributed by atoms with Gasteiger partial charge in [-0.05, 0) is 46.6 Å². The van der Waals surface area contributed by atoms with Gasteiger partial charge in [0.25, 0.3) is 5.69 Å². The van der Waals surface area contributed by atoms with Gasteiger partial charge < -0.3 is 0 Å². The Labute approximate surface area is 161 Å². The van der Waals surface area contributed by atoms with Crippen LogP contribution in [0, 0.1) is 10.1 Å². The predicted octanol–water partition coefficient (Wildman–Crippen LogP) is 4.87. The molecule has 0 N–H and O–H groups in total. The first-order valence-electron chi connectivity index (χ1n) is 9.74. The van der Waals surface area contributed by atoms with Crippen LogP contribution in [0.25, 0.3) is 0 Å². The summed E-state index contributed by atoms with van der Waals surface area (Å²) in [6, 6.07) is 7.11. The zero-order chi connectivity index (χ0) is 19.8. The molecule has 0 bridgehead atoms. The van der Waals surface area contributed by atoms with E-state index < -0.39 is 12.5 Å². The molecule has 27 heavy (non-hydrogen) atoms. The van der Waals surface area contributed by atoms with Crippen molar-refractivity contribution in [3.63, 3.8) is 0 Å². The molecule has 1 aliphatic carbocycles. The van der Waals surface area contributed by atoms with Crippen molar-refractivity contribution >= 4 is 19.5 Å². The van der Waals surface area contributed by atoms with Crippen molar-refractivity contribution in [1.82, 2.24) is 9.34 Å². The van der Waals surface area contributed by atoms with Crippen LogP contribution < -0.4 is 0 Å². The molecule has 2 fully saturated rings. The number of nitro benzene ring substituents is 1. The molecule has 0 aromatic heterocycles. The Morgan fingerprint density at radius 2 is 1.63 bits per heavy atom. The van der Waals surface area contributed by atoms with Crippen LogP contribution >= 0.6 is 7.59 Å². The van der Waals surface area contributed by atoms with Gasteiger partial charge >= 0.3 is 7.59 Å². The molecule has 3 rings (SSSR count). The summed E-state index contributed by atoms with van der Waals surface area (Å²) in [4.78, 5) is 10.9. The number of rotatable bonds is 5. The Bertz CT molecular complexity index is 752. The molecule has 1 aromatic carbocycles. The number of benzene rings is 1. The van der Waals surface area contributed by atoms with Crippen LogP contribution in [0.5, 0.6) is 0 Å². The highest BCUT2D eigenvalue weighted by atomic mass is 31.2. The van der Waals surface area contributed by atoms with Crippen LogP contribution in [-0.4, -0.2) is 44.6 Å². The molecule has 2 atom stereocenters. The fourth-order valence-corrected chi connectivity index (χ4v) is 7.87. The Balaban J connectivity index is 2.06. The van der Waals surface area contributed by atoms with Crippen LogP contribution in [0.4, 0.5) is 5.69 Å². The molecular formula is C19H29N4O3P. The van der Waals surface area contributed by atoms with Crippen molar-refractivity contribution < 1.29 is 9.49 Å². The van der Waals surface area contributed by atoms with Crippen molar-refractivity contribution in [3.8, 4) is 0 Å². The summed E-state index contributed by atoms with van der Waals surface area (Å²) in [5.74, 6) is 0. The molecule has 1 saturated heterocycles. The summed E-state index contributed by atoms with van der Waals surface area (Å²) in [6.07, 6.45) is 5.78. The van der Waals surface area contributed by atoms with Crippen LogP contribution in [0.3, 0.4) is 0 Å². The number of para-hydroxylation sites is 1. The second-order valence-corrected chi connectivity index (χ2v) is 10.1. The maximum Gasteiger partial charge on any atom is 0.330 e. The maximum absolute atomic E-state index is 14.3. The number of hydrogen-bond donors (Lipinski definition) is 0. The largest absolute Gasteiger partial charge is 0.330 e. The standard InChI is InChI=1S/C19H29N4O3P/c1-14(2)21-18-11-7-8-12-19(18)22(15(3)4)27(21,26)20-13-16-9-5-6-10-17(16)23(24)25/h5-6,9-10,13-15,18-19H,7-8,11-12H2,1-4H3/b20-13-/t18-,19-/m0/s1. The lowest BCUT2D eigenvalue weighted by Gasteiger charge is -2.33. The van der Waals surface area contributed by atoms with E-state index in [1.165, 1.54) is 12.3 Å². The highest BCUT2D eigenvalue weighted by Gasteiger charge is 2.56. The minimum Gasteiger partial charge on any atom is -0.262 e. The highest BCUT2D eigenvalue weighted by Crippen LogP contribution is 2.66. The van der Waals surface area contributed by atoms with E-state index in [0.29, 0.717) is 5.56 Å². The van der Waals surface area contributed by atoms with Crippen molar-refractivity contribution in [2.45, 2.75) is 77.5 Å². The van der Waals surface area contributed by atoms with Gasteiger partial charge in [0.15, 0.2) is 0 Å². The molecule has 2 aliphatic rings. The summed E-state index contributed by atoms with van der Waals surface area (Å²) in [6.45, 7) is 8.23. The van der Waals surface area contributed by atoms with Gasteiger partial charge in [0.2, 0.25) is 0 Å². The highest BCUT2D eigenvalue weighted by molar-refractivity contribution is 7.58. The first-order chi connectivity index (χ1) is 12.8. The van der Waals surface area contributed by atoms with Gasteiger partial charge in [0.1, 0.15) is 0 Å². The van der Waals surface area contributed by atoms with Gasteiger partial charge in [-0.15, -0.1) is 0 Å². The van der Waals surface area contributed by atoms with Crippen molar-refractivity contribution in [1.29, 1.82) is 0 Å². The van der Waals surface area contributed by atoms with Gasteiger partial charge in [-0.25, -0.2) is 14.1 Å².